The molecule has 2 heterocycles. The van der Waals surface area contributed by atoms with Gasteiger partial charge in [0.1, 0.15) is 5.54 Å². The molecule has 2 atom stereocenters. The predicted molar refractivity (Wildman–Crippen MR) is 53.3 cm³/mol. The van der Waals surface area contributed by atoms with Crippen LogP contribution in [0.25, 0.3) is 0 Å². The topological polar surface area (TPSA) is 52.6 Å². The highest BCUT2D eigenvalue weighted by atomic mass is 16.4. The standard InChI is InChI=1S/C10H18N2O2/c1-11-10(9(13)14)4-6-12-5-2-3-8(12)7-10/h8,11H,2-7H2,1H3,(H,13,14). The minimum Gasteiger partial charge on any atom is -0.480 e. The summed E-state index contributed by atoms with van der Waals surface area (Å²) in [6.07, 6.45) is 3.88. The first-order valence-corrected chi connectivity index (χ1v) is 5.34. The van der Waals surface area contributed by atoms with Crippen LogP contribution in [0.4, 0.5) is 0 Å². The van der Waals surface area contributed by atoms with Crippen molar-refractivity contribution in [1.82, 2.24) is 10.2 Å². The molecule has 2 saturated heterocycles. The molecule has 0 amide bonds. The number of piperidine rings is 1. The van der Waals surface area contributed by atoms with E-state index in [1.54, 1.807) is 7.05 Å². The van der Waals surface area contributed by atoms with Crippen molar-refractivity contribution in [3.05, 3.63) is 0 Å². The third-order valence-electron chi connectivity index (χ3n) is 3.80. The zero-order valence-corrected chi connectivity index (χ0v) is 8.62. The maximum absolute atomic E-state index is 11.2. The van der Waals surface area contributed by atoms with Gasteiger partial charge in [0.25, 0.3) is 0 Å². The highest BCUT2D eigenvalue weighted by Gasteiger charge is 2.45. The van der Waals surface area contributed by atoms with E-state index in [0.717, 1.165) is 32.4 Å². The second-order valence-corrected chi connectivity index (χ2v) is 4.42. The van der Waals surface area contributed by atoms with Crippen molar-refractivity contribution in [3.8, 4) is 0 Å². The van der Waals surface area contributed by atoms with Crippen LogP contribution in [0.5, 0.6) is 0 Å². The highest BCUT2D eigenvalue weighted by Crippen LogP contribution is 2.32. The minimum absolute atomic E-state index is 0.493. The fraction of sp³-hybridized carbons (Fsp3) is 0.900. The Hall–Kier alpha value is -0.610. The molecular formula is C10H18N2O2. The molecule has 0 bridgehead atoms. The summed E-state index contributed by atoms with van der Waals surface area (Å²) in [4.78, 5) is 13.6. The molecule has 0 aliphatic carbocycles. The smallest absolute Gasteiger partial charge is 0.323 e. The fourth-order valence-corrected chi connectivity index (χ4v) is 2.79. The van der Waals surface area contributed by atoms with Crippen LogP contribution < -0.4 is 5.32 Å². The maximum atomic E-state index is 11.2. The Morgan fingerprint density at radius 3 is 3.00 bits per heavy atom. The average Bonchev–Trinajstić information content (AvgIpc) is 2.63. The minimum atomic E-state index is -0.688. The van der Waals surface area contributed by atoms with Gasteiger partial charge in [-0.3, -0.25) is 4.79 Å². The first-order valence-electron chi connectivity index (χ1n) is 5.34. The zero-order chi connectivity index (χ0) is 10.2. The normalized spacial score (nSPS) is 38.2. The number of carboxylic acid groups (broad SMARTS) is 1. The van der Waals surface area contributed by atoms with Gasteiger partial charge in [-0.15, -0.1) is 0 Å². The van der Waals surface area contributed by atoms with Crippen LogP contribution in [0.15, 0.2) is 0 Å². The van der Waals surface area contributed by atoms with Gasteiger partial charge >= 0.3 is 5.97 Å². The Labute approximate surface area is 84.3 Å². The summed E-state index contributed by atoms with van der Waals surface area (Å²) in [5.41, 5.74) is -0.661. The van der Waals surface area contributed by atoms with E-state index in [-0.39, 0.29) is 0 Å². The lowest BCUT2D eigenvalue weighted by Gasteiger charge is -2.41. The molecule has 80 valence electrons. The van der Waals surface area contributed by atoms with Gasteiger partial charge < -0.3 is 15.3 Å². The zero-order valence-electron chi connectivity index (χ0n) is 8.62. The van der Waals surface area contributed by atoms with Crippen molar-refractivity contribution in [2.75, 3.05) is 20.1 Å². The number of carboxylic acids is 1. The van der Waals surface area contributed by atoms with Crippen LogP contribution in [-0.2, 0) is 4.79 Å². The Balaban J connectivity index is 2.11. The third-order valence-corrected chi connectivity index (χ3v) is 3.80. The van der Waals surface area contributed by atoms with Crippen molar-refractivity contribution in [2.45, 2.75) is 37.3 Å². The van der Waals surface area contributed by atoms with Gasteiger partial charge in [-0.25, -0.2) is 0 Å². The Morgan fingerprint density at radius 1 is 1.57 bits per heavy atom. The second kappa shape index (κ2) is 3.51. The van der Waals surface area contributed by atoms with Gasteiger partial charge in [-0.05, 0) is 39.3 Å². The maximum Gasteiger partial charge on any atom is 0.323 e. The molecule has 0 radical (unpaired) electrons. The van der Waals surface area contributed by atoms with E-state index in [2.05, 4.69) is 10.2 Å². The summed E-state index contributed by atoms with van der Waals surface area (Å²) in [6.45, 7) is 2.09. The molecule has 2 rings (SSSR count). The number of hydrogen-bond donors (Lipinski definition) is 2. The Kier molecular flexibility index (Phi) is 2.49. The van der Waals surface area contributed by atoms with E-state index in [1.165, 1.54) is 6.42 Å². The van der Waals surface area contributed by atoms with Crippen molar-refractivity contribution in [1.29, 1.82) is 0 Å². The van der Waals surface area contributed by atoms with E-state index in [1.807, 2.05) is 0 Å². The lowest BCUT2D eigenvalue weighted by Crippen LogP contribution is -2.59. The van der Waals surface area contributed by atoms with Gasteiger partial charge in [-0.2, -0.15) is 0 Å². The predicted octanol–water partition coefficient (Wildman–Crippen LogP) is 0.287. The summed E-state index contributed by atoms with van der Waals surface area (Å²) in [7, 11) is 1.76. The van der Waals surface area contributed by atoms with Crippen LogP contribution in [0.1, 0.15) is 25.7 Å². The number of nitrogens with zero attached hydrogens (tertiary/aromatic N) is 1. The summed E-state index contributed by atoms with van der Waals surface area (Å²) >= 11 is 0. The molecule has 0 aromatic heterocycles. The van der Waals surface area contributed by atoms with Crippen LogP contribution >= 0.6 is 0 Å². The Morgan fingerprint density at radius 2 is 2.36 bits per heavy atom. The fourth-order valence-electron chi connectivity index (χ4n) is 2.79. The van der Waals surface area contributed by atoms with Gasteiger partial charge in [0.05, 0.1) is 0 Å². The van der Waals surface area contributed by atoms with Crippen LogP contribution in [0, 0.1) is 0 Å². The molecule has 2 fully saturated rings. The van der Waals surface area contributed by atoms with Gasteiger partial charge in [-0.1, -0.05) is 0 Å². The lowest BCUT2D eigenvalue weighted by molar-refractivity contribution is -0.147. The van der Waals surface area contributed by atoms with Crippen molar-refractivity contribution in [3.63, 3.8) is 0 Å². The number of likely N-dealkylation sites (N-methyl/N-ethyl adjacent to an activating group) is 1. The first-order chi connectivity index (χ1) is 6.68. The number of fused-ring (bicyclic) bond motifs is 1. The molecule has 2 aliphatic heterocycles. The van der Waals surface area contributed by atoms with Crippen molar-refractivity contribution < 1.29 is 9.90 Å². The van der Waals surface area contributed by atoms with Crippen LogP contribution in [0.2, 0.25) is 0 Å². The molecule has 4 heteroatoms. The monoisotopic (exact) mass is 198 g/mol. The molecule has 0 saturated carbocycles. The number of aliphatic carboxylic acids is 1. The summed E-state index contributed by atoms with van der Waals surface area (Å²) in [6, 6.07) is 0.493. The van der Waals surface area contributed by atoms with E-state index < -0.39 is 11.5 Å². The van der Waals surface area contributed by atoms with Crippen molar-refractivity contribution >= 4 is 5.97 Å². The molecule has 0 aromatic rings. The van der Waals surface area contributed by atoms with E-state index in [4.69, 9.17) is 0 Å². The first kappa shape index (κ1) is 9.93. The number of rotatable bonds is 2. The van der Waals surface area contributed by atoms with E-state index in [9.17, 15) is 9.90 Å². The van der Waals surface area contributed by atoms with Crippen molar-refractivity contribution in [2.24, 2.45) is 0 Å². The van der Waals surface area contributed by atoms with E-state index >= 15 is 0 Å². The van der Waals surface area contributed by atoms with E-state index in [0.29, 0.717) is 6.04 Å². The van der Waals surface area contributed by atoms with Gasteiger partial charge in [0.15, 0.2) is 0 Å². The SMILES string of the molecule is CNC1(C(=O)O)CCN2CCCC2C1. The molecule has 2 unspecified atom stereocenters. The molecule has 2 N–H and O–H groups in total. The largest absolute Gasteiger partial charge is 0.480 e. The second-order valence-electron chi connectivity index (χ2n) is 4.42. The lowest BCUT2D eigenvalue weighted by atomic mass is 9.83. The van der Waals surface area contributed by atoms with Gasteiger partial charge in [0.2, 0.25) is 0 Å². The summed E-state index contributed by atoms with van der Waals surface area (Å²) < 4.78 is 0. The molecule has 0 spiro atoms. The van der Waals surface area contributed by atoms with Crippen LogP contribution in [-0.4, -0.2) is 47.7 Å². The summed E-state index contributed by atoms with van der Waals surface area (Å²) in [5, 5.41) is 12.2. The molecule has 0 aromatic carbocycles. The highest BCUT2D eigenvalue weighted by molar-refractivity contribution is 5.79. The van der Waals surface area contributed by atoms with Crippen LogP contribution in [0.3, 0.4) is 0 Å². The number of hydrogen-bond acceptors (Lipinski definition) is 3. The number of carbonyl (C=O) groups is 1. The summed E-state index contributed by atoms with van der Waals surface area (Å²) in [5.74, 6) is -0.688. The average molecular weight is 198 g/mol. The number of nitrogens with one attached hydrogen (secondary N) is 1. The molecular weight excluding hydrogens is 180 g/mol. The molecule has 14 heavy (non-hydrogen) atoms. The quantitative estimate of drug-likeness (QED) is 0.669. The molecule has 4 nitrogen and oxygen atoms in total. The van der Waals surface area contributed by atoms with Gasteiger partial charge in [0, 0.05) is 12.6 Å². The molecule has 2 aliphatic rings. The Bertz CT molecular complexity index is 244. The third kappa shape index (κ3) is 1.42.